The maximum absolute atomic E-state index is 12.1. The molecule has 21 heavy (non-hydrogen) atoms. The molecule has 2 fully saturated rings. The van der Waals surface area contributed by atoms with Crippen molar-refractivity contribution >= 4 is 15.9 Å². The molecule has 122 valence electrons. The molecule has 1 amide bonds. The number of hydrogen-bond acceptors (Lipinski definition) is 5. The Balaban J connectivity index is 1.76. The van der Waals surface area contributed by atoms with Gasteiger partial charge in [0.2, 0.25) is 15.9 Å². The quantitative estimate of drug-likeness (QED) is 0.606. The Morgan fingerprint density at radius 3 is 2.86 bits per heavy atom. The molecule has 7 nitrogen and oxygen atoms in total. The van der Waals surface area contributed by atoms with Gasteiger partial charge in [-0.2, -0.15) is 0 Å². The van der Waals surface area contributed by atoms with Gasteiger partial charge < -0.3 is 15.0 Å². The Morgan fingerprint density at radius 1 is 1.33 bits per heavy atom. The number of nitrogens with one attached hydrogen (secondary N) is 2. The Morgan fingerprint density at radius 2 is 2.10 bits per heavy atom. The number of carbonyl (C=O) groups is 1. The standard InChI is InChI=1S/C13H25N3O4S/c1-2-20-7-8-21(18,19)14-9-13(17)16-6-5-11-3-4-12(10-16)15-11/h11-12,14-15H,2-10H2,1H3. The van der Waals surface area contributed by atoms with Gasteiger partial charge in [0.25, 0.3) is 0 Å². The molecule has 2 aliphatic heterocycles. The predicted molar refractivity (Wildman–Crippen MR) is 79.4 cm³/mol. The molecule has 2 N–H and O–H groups in total. The molecule has 2 saturated heterocycles. The molecule has 2 aliphatic rings. The van der Waals surface area contributed by atoms with Gasteiger partial charge in [0.1, 0.15) is 0 Å². The summed E-state index contributed by atoms with van der Waals surface area (Å²) in [5.41, 5.74) is 0. The van der Waals surface area contributed by atoms with E-state index in [1.807, 2.05) is 6.92 Å². The van der Waals surface area contributed by atoms with Crippen LogP contribution < -0.4 is 10.0 Å². The van der Waals surface area contributed by atoms with Crippen molar-refractivity contribution in [2.75, 3.05) is 38.6 Å². The van der Waals surface area contributed by atoms with E-state index < -0.39 is 10.0 Å². The van der Waals surface area contributed by atoms with Crippen LogP contribution in [0, 0.1) is 0 Å². The van der Waals surface area contributed by atoms with Gasteiger partial charge in [-0.1, -0.05) is 0 Å². The molecule has 2 bridgehead atoms. The van der Waals surface area contributed by atoms with Crippen molar-refractivity contribution in [2.24, 2.45) is 0 Å². The summed E-state index contributed by atoms with van der Waals surface area (Å²) in [5.74, 6) is -0.260. The highest BCUT2D eigenvalue weighted by molar-refractivity contribution is 7.89. The van der Waals surface area contributed by atoms with Crippen LogP contribution in [0.15, 0.2) is 0 Å². The first-order chi connectivity index (χ1) is 10.00. The summed E-state index contributed by atoms with van der Waals surface area (Å²) in [7, 11) is -3.45. The minimum Gasteiger partial charge on any atom is -0.381 e. The predicted octanol–water partition coefficient (Wildman–Crippen LogP) is -0.705. The number of amides is 1. The Labute approximate surface area is 126 Å². The van der Waals surface area contributed by atoms with Crippen LogP contribution in [0.4, 0.5) is 0 Å². The highest BCUT2D eigenvalue weighted by Gasteiger charge is 2.31. The van der Waals surface area contributed by atoms with Gasteiger partial charge in [-0.3, -0.25) is 4.79 Å². The molecular weight excluding hydrogens is 294 g/mol. The highest BCUT2D eigenvalue weighted by atomic mass is 32.2. The zero-order chi connectivity index (χ0) is 15.3. The van der Waals surface area contributed by atoms with Crippen molar-refractivity contribution in [3.8, 4) is 0 Å². The number of nitrogens with zero attached hydrogens (tertiary/aromatic N) is 1. The first-order valence-electron chi connectivity index (χ1n) is 7.59. The van der Waals surface area contributed by atoms with Crippen molar-refractivity contribution in [1.82, 2.24) is 14.9 Å². The molecule has 0 aliphatic carbocycles. The van der Waals surface area contributed by atoms with E-state index in [1.165, 1.54) is 6.42 Å². The molecule has 0 saturated carbocycles. The fraction of sp³-hybridized carbons (Fsp3) is 0.923. The lowest BCUT2D eigenvalue weighted by Gasteiger charge is -2.24. The van der Waals surface area contributed by atoms with Crippen LogP contribution in [0.25, 0.3) is 0 Å². The van der Waals surface area contributed by atoms with Crippen LogP contribution in [0.3, 0.4) is 0 Å². The largest absolute Gasteiger partial charge is 0.381 e. The first-order valence-corrected chi connectivity index (χ1v) is 9.24. The summed E-state index contributed by atoms with van der Waals surface area (Å²) >= 11 is 0. The third kappa shape index (κ3) is 5.21. The van der Waals surface area contributed by atoms with Crippen molar-refractivity contribution < 1.29 is 17.9 Å². The third-order valence-electron chi connectivity index (χ3n) is 4.02. The molecule has 0 spiro atoms. The van der Waals surface area contributed by atoms with E-state index in [2.05, 4.69) is 10.0 Å². The molecular formula is C13H25N3O4S. The molecule has 2 rings (SSSR count). The monoisotopic (exact) mass is 319 g/mol. The average molecular weight is 319 g/mol. The smallest absolute Gasteiger partial charge is 0.237 e. The molecule has 2 unspecified atom stereocenters. The normalized spacial score (nSPS) is 25.9. The second-order valence-corrected chi connectivity index (χ2v) is 7.53. The summed E-state index contributed by atoms with van der Waals surface area (Å²) in [6, 6.07) is 0.867. The Hall–Kier alpha value is -0.700. The summed E-state index contributed by atoms with van der Waals surface area (Å²) < 4.78 is 30.8. The SMILES string of the molecule is CCOCCS(=O)(=O)NCC(=O)N1CCC2CCC(C1)N2. The second-order valence-electron chi connectivity index (χ2n) is 5.60. The minimum absolute atomic E-state index is 0.111. The van der Waals surface area contributed by atoms with Gasteiger partial charge in [0.15, 0.2) is 0 Å². The summed E-state index contributed by atoms with van der Waals surface area (Å²) in [4.78, 5) is 13.9. The third-order valence-corrected chi connectivity index (χ3v) is 5.31. The number of carbonyl (C=O) groups excluding carboxylic acids is 1. The molecule has 0 aromatic rings. The van der Waals surface area contributed by atoms with E-state index in [0.717, 1.165) is 12.8 Å². The van der Waals surface area contributed by atoms with Crippen LogP contribution in [-0.2, 0) is 19.6 Å². The van der Waals surface area contributed by atoms with Crippen LogP contribution >= 0.6 is 0 Å². The summed E-state index contributed by atoms with van der Waals surface area (Å²) in [6.45, 7) is 3.66. The van der Waals surface area contributed by atoms with E-state index in [9.17, 15) is 13.2 Å². The number of likely N-dealkylation sites (tertiary alicyclic amines) is 1. The summed E-state index contributed by atoms with van der Waals surface area (Å²) in [5, 5.41) is 3.50. The van der Waals surface area contributed by atoms with E-state index in [-0.39, 0.29) is 24.8 Å². The maximum atomic E-state index is 12.1. The lowest BCUT2D eigenvalue weighted by molar-refractivity contribution is -0.130. The lowest BCUT2D eigenvalue weighted by Crippen LogP contribution is -2.44. The van der Waals surface area contributed by atoms with Crippen LogP contribution in [0.1, 0.15) is 26.2 Å². The van der Waals surface area contributed by atoms with Gasteiger partial charge in [-0.25, -0.2) is 13.1 Å². The van der Waals surface area contributed by atoms with E-state index in [1.54, 1.807) is 4.90 Å². The zero-order valence-electron chi connectivity index (χ0n) is 12.5. The number of hydrogen-bond donors (Lipinski definition) is 2. The minimum atomic E-state index is -3.45. The van der Waals surface area contributed by atoms with Gasteiger partial charge in [-0.05, 0) is 26.2 Å². The number of fused-ring (bicyclic) bond motifs is 2. The molecule has 0 radical (unpaired) electrons. The van der Waals surface area contributed by atoms with Crippen LogP contribution in [0.5, 0.6) is 0 Å². The van der Waals surface area contributed by atoms with Gasteiger partial charge in [0.05, 0.1) is 18.9 Å². The number of rotatable bonds is 7. The molecule has 8 heteroatoms. The fourth-order valence-corrected chi connectivity index (χ4v) is 3.66. The fourth-order valence-electron chi connectivity index (χ4n) is 2.84. The van der Waals surface area contributed by atoms with Gasteiger partial charge in [-0.15, -0.1) is 0 Å². The van der Waals surface area contributed by atoms with E-state index >= 15 is 0 Å². The topological polar surface area (TPSA) is 87.7 Å². The van der Waals surface area contributed by atoms with Crippen LogP contribution in [0.2, 0.25) is 0 Å². The average Bonchev–Trinajstić information content (AvgIpc) is 2.76. The molecule has 0 aromatic heterocycles. The van der Waals surface area contributed by atoms with Crippen molar-refractivity contribution in [2.45, 2.75) is 38.3 Å². The highest BCUT2D eigenvalue weighted by Crippen LogP contribution is 2.20. The lowest BCUT2D eigenvalue weighted by atomic mass is 10.1. The maximum Gasteiger partial charge on any atom is 0.237 e. The van der Waals surface area contributed by atoms with Crippen molar-refractivity contribution in [1.29, 1.82) is 0 Å². The van der Waals surface area contributed by atoms with Gasteiger partial charge >= 0.3 is 0 Å². The Kier molecular flexibility index (Phi) is 5.98. The second kappa shape index (κ2) is 7.53. The summed E-state index contributed by atoms with van der Waals surface area (Å²) in [6.07, 6.45) is 3.21. The Bertz CT molecular complexity index is 454. The molecule has 0 aromatic carbocycles. The van der Waals surface area contributed by atoms with E-state index in [0.29, 0.717) is 31.8 Å². The van der Waals surface area contributed by atoms with Crippen molar-refractivity contribution in [3.05, 3.63) is 0 Å². The number of ether oxygens (including phenoxy) is 1. The van der Waals surface area contributed by atoms with Gasteiger partial charge in [0, 0.05) is 31.8 Å². The zero-order valence-corrected chi connectivity index (χ0v) is 13.3. The molecule has 2 atom stereocenters. The number of sulfonamides is 1. The molecule has 2 heterocycles. The van der Waals surface area contributed by atoms with Crippen molar-refractivity contribution in [3.63, 3.8) is 0 Å². The van der Waals surface area contributed by atoms with Crippen LogP contribution in [-0.4, -0.2) is 69.9 Å². The first kappa shape index (κ1) is 16.7. The van der Waals surface area contributed by atoms with E-state index in [4.69, 9.17) is 4.74 Å².